The number of carbonyl (C=O) groups excluding carboxylic acids is 2. The lowest BCUT2D eigenvalue weighted by Gasteiger charge is -2.17. The summed E-state index contributed by atoms with van der Waals surface area (Å²) in [6.07, 6.45) is 1.15. The molecule has 2 amide bonds. The van der Waals surface area contributed by atoms with Crippen LogP contribution in [0.15, 0.2) is 36.4 Å². The summed E-state index contributed by atoms with van der Waals surface area (Å²) in [6.45, 7) is 5.98. The van der Waals surface area contributed by atoms with Crippen molar-refractivity contribution in [3.05, 3.63) is 63.7 Å². The van der Waals surface area contributed by atoms with Crippen LogP contribution in [0, 0.1) is 20.8 Å². The van der Waals surface area contributed by atoms with Crippen LogP contribution in [0.2, 0.25) is 0 Å². The van der Waals surface area contributed by atoms with Crippen molar-refractivity contribution in [3.63, 3.8) is 0 Å². The van der Waals surface area contributed by atoms with Gasteiger partial charge >= 0.3 is 0 Å². The Morgan fingerprint density at radius 2 is 1.93 bits per heavy atom. The van der Waals surface area contributed by atoms with Gasteiger partial charge in [-0.3, -0.25) is 9.59 Å². The average molecular weight is 391 g/mol. The van der Waals surface area contributed by atoms with Gasteiger partial charge in [-0.15, -0.1) is 11.3 Å². The predicted molar refractivity (Wildman–Crippen MR) is 113 cm³/mol. The lowest BCUT2D eigenvalue weighted by atomic mass is 10.0. The highest BCUT2D eigenvalue weighted by molar-refractivity contribution is 7.17. The summed E-state index contributed by atoms with van der Waals surface area (Å²) in [5.74, 6) is -0.130. The fourth-order valence-electron chi connectivity index (χ4n) is 3.42. The Bertz CT molecular complexity index is 1100. The van der Waals surface area contributed by atoms with E-state index in [1.165, 1.54) is 16.9 Å². The number of nitrogens with zero attached hydrogens (tertiary/aromatic N) is 1. The van der Waals surface area contributed by atoms with Crippen molar-refractivity contribution in [3.8, 4) is 10.6 Å². The number of fused-ring (bicyclic) bond motifs is 1. The van der Waals surface area contributed by atoms with Gasteiger partial charge in [-0.25, -0.2) is 4.98 Å². The molecule has 0 saturated carbocycles. The van der Waals surface area contributed by atoms with Crippen molar-refractivity contribution in [2.45, 2.75) is 33.6 Å². The summed E-state index contributed by atoms with van der Waals surface area (Å²) in [5.41, 5.74) is 6.72. The number of hydrogen-bond acceptors (Lipinski definition) is 4. The van der Waals surface area contributed by atoms with Gasteiger partial charge in [-0.2, -0.15) is 0 Å². The molecule has 2 N–H and O–H groups in total. The fourth-order valence-corrected chi connectivity index (χ4v) is 4.48. The molecule has 0 bridgehead atoms. The Balaban J connectivity index is 1.57. The van der Waals surface area contributed by atoms with Crippen molar-refractivity contribution in [1.82, 2.24) is 4.98 Å². The highest BCUT2D eigenvalue weighted by Gasteiger charge is 2.19. The van der Waals surface area contributed by atoms with Gasteiger partial charge in [0.15, 0.2) is 0 Å². The number of carbonyl (C=O) groups is 2. The van der Waals surface area contributed by atoms with E-state index in [9.17, 15) is 9.59 Å². The van der Waals surface area contributed by atoms with E-state index >= 15 is 0 Å². The van der Waals surface area contributed by atoms with Crippen molar-refractivity contribution >= 4 is 34.5 Å². The molecule has 0 fully saturated rings. The molecule has 6 heteroatoms. The molecule has 0 spiro atoms. The fraction of sp³-hybridized carbons (Fsp3) is 0.227. The van der Waals surface area contributed by atoms with Gasteiger partial charge in [-0.1, -0.05) is 23.8 Å². The van der Waals surface area contributed by atoms with Crippen LogP contribution in [-0.2, 0) is 11.2 Å². The first-order valence-electron chi connectivity index (χ1n) is 9.20. The van der Waals surface area contributed by atoms with Gasteiger partial charge in [-0.05, 0) is 56.5 Å². The number of thiazole rings is 1. The number of nitrogens with one attached hydrogen (secondary N) is 2. The molecule has 0 radical (unpaired) electrons. The number of aryl methyl sites for hydroxylation is 4. The minimum atomic E-state index is -0.161. The molecule has 1 aliphatic heterocycles. The molecular formula is C22H21N3O2S. The molecule has 1 aliphatic rings. The normalized spacial score (nSPS) is 13.0. The molecule has 2 heterocycles. The largest absolute Gasteiger partial charge is 0.326 e. The third kappa shape index (κ3) is 3.55. The topological polar surface area (TPSA) is 71.1 Å². The first-order valence-corrected chi connectivity index (χ1v) is 10.0. The summed E-state index contributed by atoms with van der Waals surface area (Å²) in [4.78, 5) is 29.5. The number of aromatic nitrogens is 1. The van der Waals surface area contributed by atoms with Crippen LogP contribution in [-0.4, -0.2) is 16.8 Å². The van der Waals surface area contributed by atoms with Gasteiger partial charge in [0.2, 0.25) is 5.91 Å². The summed E-state index contributed by atoms with van der Waals surface area (Å²) < 4.78 is 0. The third-order valence-electron chi connectivity index (χ3n) is 4.87. The molecule has 0 aliphatic carbocycles. The maximum Gasteiger partial charge on any atom is 0.267 e. The van der Waals surface area contributed by atoms with E-state index < -0.39 is 0 Å². The van der Waals surface area contributed by atoms with Crippen LogP contribution < -0.4 is 10.6 Å². The molecule has 142 valence electrons. The molecule has 2 aromatic carbocycles. The van der Waals surface area contributed by atoms with Crippen molar-refractivity contribution in [2.75, 3.05) is 10.6 Å². The minimum Gasteiger partial charge on any atom is -0.326 e. The highest BCUT2D eigenvalue weighted by Crippen LogP contribution is 2.32. The van der Waals surface area contributed by atoms with E-state index in [0.29, 0.717) is 17.7 Å². The number of anilines is 2. The molecule has 0 unspecified atom stereocenters. The zero-order valence-electron chi connectivity index (χ0n) is 16.1. The van der Waals surface area contributed by atoms with Crippen LogP contribution in [0.5, 0.6) is 0 Å². The lowest BCUT2D eigenvalue weighted by Crippen LogP contribution is -2.19. The van der Waals surface area contributed by atoms with Crippen molar-refractivity contribution in [1.29, 1.82) is 0 Å². The zero-order valence-corrected chi connectivity index (χ0v) is 16.9. The molecule has 0 saturated heterocycles. The van der Waals surface area contributed by atoms with Gasteiger partial charge < -0.3 is 10.6 Å². The van der Waals surface area contributed by atoms with Gasteiger partial charge in [0, 0.05) is 23.4 Å². The third-order valence-corrected chi connectivity index (χ3v) is 6.06. The second kappa shape index (κ2) is 7.20. The van der Waals surface area contributed by atoms with Gasteiger partial charge in [0.05, 0.1) is 5.69 Å². The van der Waals surface area contributed by atoms with E-state index in [2.05, 4.69) is 47.7 Å². The molecule has 3 aromatic rings. The number of hydrogen-bond donors (Lipinski definition) is 2. The standard InChI is InChI=1S/C22H21N3O2S/c1-12-4-7-17(13(2)10-12)22-23-14(3)20(28-22)21(27)24-16-6-8-18-15(11-16)5-9-19(26)25-18/h4,6-8,10-11H,5,9H2,1-3H3,(H,24,27)(H,25,26). The molecule has 1 aromatic heterocycles. The Morgan fingerprint density at radius 3 is 2.71 bits per heavy atom. The van der Waals surface area contributed by atoms with Gasteiger partial charge in [0.1, 0.15) is 9.88 Å². The van der Waals surface area contributed by atoms with E-state index in [0.717, 1.165) is 38.8 Å². The van der Waals surface area contributed by atoms with Crippen molar-refractivity contribution in [2.24, 2.45) is 0 Å². The predicted octanol–water partition coefficient (Wildman–Crippen LogP) is 4.87. The quantitative estimate of drug-likeness (QED) is 0.669. The first-order chi connectivity index (χ1) is 13.4. The van der Waals surface area contributed by atoms with E-state index in [4.69, 9.17) is 0 Å². The SMILES string of the molecule is Cc1ccc(-c2nc(C)c(C(=O)Nc3ccc4c(c3)CCC(=O)N4)s2)c(C)c1. The summed E-state index contributed by atoms with van der Waals surface area (Å²) in [5, 5.41) is 6.67. The first kappa shape index (κ1) is 18.4. The van der Waals surface area contributed by atoms with Crippen LogP contribution in [0.3, 0.4) is 0 Å². The Labute approximate surface area is 167 Å². The Hall–Kier alpha value is -2.99. The number of benzene rings is 2. The summed E-state index contributed by atoms with van der Waals surface area (Å²) in [6, 6.07) is 11.8. The maximum atomic E-state index is 12.8. The second-order valence-corrected chi connectivity index (χ2v) is 8.13. The number of rotatable bonds is 3. The highest BCUT2D eigenvalue weighted by atomic mass is 32.1. The van der Waals surface area contributed by atoms with Crippen LogP contribution in [0.25, 0.3) is 10.6 Å². The maximum absolute atomic E-state index is 12.8. The van der Waals surface area contributed by atoms with Crippen LogP contribution >= 0.6 is 11.3 Å². The van der Waals surface area contributed by atoms with E-state index in [-0.39, 0.29) is 11.8 Å². The average Bonchev–Trinajstić information content (AvgIpc) is 3.03. The zero-order chi connectivity index (χ0) is 19.8. The second-order valence-electron chi connectivity index (χ2n) is 7.13. The Kier molecular flexibility index (Phi) is 4.73. The van der Waals surface area contributed by atoms with Crippen molar-refractivity contribution < 1.29 is 9.59 Å². The van der Waals surface area contributed by atoms with Crippen LogP contribution in [0.1, 0.15) is 38.5 Å². The van der Waals surface area contributed by atoms with E-state index in [1.807, 2.05) is 25.1 Å². The van der Waals surface area contributed by atoms with Crippen LogP contribution in [0.4, 0.5) is 11.4 Å². The Morgan fingerprint density at radius 1 is 1.11 bits per heavy atom. The van der Waals surface area contributed by atoms with E-state index in [1.54, 1.807) is 0 Å². The molecule has 28 heavy (non-hydrogen) atoms. The molecular weight excluding hydrogens is 370 g/mol. The van der Waals surface area contributed by atoms with Gasteiger partial charge in [0.25, 0.3) is 5.91 Å². The summed E-state index contributed by atoms with van der Waals surface area (Å²) >= 11 is 1.41. The monoisotopic (exact) mass is 391 g/mol. The molecule has 4 rings (SSSR count). The number of amides is 2. The minimum absolute atomic E-state index is 0.0310. The molecule has 5 nitrogen and oxygen atoms in total. The summed E-state index contributed by atoms with van der Waals surface area (Å²) in [7, 11) is 0. The lowest BCUT2D eigenvalue weighted by molar-refractivity contribution is -0.116. The smallest absolute Gasteiger partial charge is 0.267 e. The molecule has 0 atom stereocenters.